The second kappa shape index (κ2) is 7.34. The highest BCUT2D eigenvalue weighted by Crippen LogP contribution is 2.41. The van der Waals surface area contributed by atoms with E-state index in [0.29, 0.717) is 15.4 Å². The molecule has 29 heavy (non-hydrogen) atoms. The summed E-state index contributed by atoms with van der Waals surface area (Å²) in [6.07, 6.45) is -4.77. The molecule has 1 atom stereocenters. The molecule has 2 aromatic carbocycles. The van der Waals surface area contributed by atoms with E-state index in [1.165, 1.54) is 34.1 Å². The van der Waals surface area contributed by atoms with Crippen LogP contribution in [0.2, 0.25) is 0 Å². The molecule has 5 nitrogen and oxygen atoms in total. The molecule has 0 saturated carbocycles. The van der Waals surface area contributed by atoms with E-state index < -0.39 is 23.0 Å². The Morgan fingerprint density at radius 3 is 2.69 bits per heavy atom. The van der Waals surface area contributed by atoms with Crippen molar-refractivity contribution >= 4 is 50.9 Å². The topological polar surface area (TPSA) is 70.5 Å². The fourth-order valence-electron chi connectivity index (χ4n) is 3.08. The van der Waals surface area contributed by atoms with Crippen LogP contribution in [0.5, 0.6) is 0 Å². The number of carbonyl (C=O) groups excluding carboxylic acids is 1. The average Bonchev–Trinajstić information content (AvgIpc) is 3.05. The Kier molecular flexibility index (Phi) is 4.99. The number of carbonyl (C=O) groups is 2. The molecular formula is C19H13F3N2O3S2. The normalized spacial score (nSPS) is 16.9. The molecular weight excluding hydrogens is 425 g/mol. The number of para-hydroxylation sites is 1. The minimum absolute atomic E-state index is 0.0627. The van der Waals surface area contributed by atoms with Crippen molar-refractivity contribution in [1.82, 2.24) is 4.98 Å². The number of halogens is 3. The predicted molar refractivity (Wildman–Crippen MR) is 104 cm³/mol. The first kappa shape index (κ1) is 19.7. The summed E-state index contributed by atoms with van der Waals surface area (Å²) >= 11 is 2.41. The Morgan fingerprint density at radius 1 is 1.21 bits per heavy atom. The quantitative estimate of drug-likeness (QED) is 0.634. The summed E-state index contributed by atoms with van der Waals surface area (Å²) in [6, 6.07) is 10.5. The van der Waals surface area contributed by atoms with Crippen LogP contribution in [0.15, 0.2) is 47.4 Å². The van der Waals surface area contributed by atoms with Gasteiger partial charge in [0.25, 0.3) is 0 Å². The van der Waals surface area contributed by atoms with Crippen molar-refractivity contribution in [2.75, 3.05) is 4.90 Å². The number of benzene rings is 2. The Labute approximate surface area is 171 Å². The van der Waals surface area contributed by atoms with Gasteiger partial charge in [0, 0.05) is 4.90 Å². The number of aliphatic carboxylic acids is 1. The van der Waals surface area contributed by atoms with Gasteiger partial charge in [0.15, 0.2) is 0 Å². The smallest absolute Gasteiger partial charge is 0.416 e. The van der Waals surface area contributed by atoms with Crippen LogP contribution < -0.4 is 4.90 Å². The van der Waals surface area contributed by atoms with Crippen LogP contribution >= 0.6 is 23.1 Å². The van der Waals surface area contributed by atoms with Gasteiger partial charge in [-0.1, -0.05) is 12.1 Å². The van der Waals surface area contributed by atoms with E-state index in [0.717, 1.165) is 17.0 Å². The third-order valence-corrected chi connectivity index (χ3v) is 6.65. The van der Waals surface area contributed by atoms with E-state index >= 15 is 0 Å². The van der Waals surface area contributed by atoms with E-state index in [1.807, 2.05) is 6.07 Å². The summed E-state index contributed by atoms with van der Waals surface area (Å²) in [6.45, 7) is 0.0627. The van der Waals surface area contributed by atoms with Gasteiger partial charge in [-0.2, -0.15) is 13.2 Å². The van der Waals surface area contributed by atoms with Crippen molar-refractivity contribution in [2.24, 2.45) is 0 Å². The number of carboxylic acids is 1. The van der Waals surface area contributed by atoms with Crippen LogP contribution in [0.1, 0.15) is 17.0 Å². The fourth-order valence-corrected chi connectivity index (χ4v) is 5.23. The number of aromatic nitrogens is 1. The maximum absolute atomic E-state index is 12.9. The van der Waals surface area contributed by atoms with Crippen molar-refractivity contribution in [3.05, 3.63) is 53.0 Å². The summed E-state index contributed by atoms with van der Waals surface area (Å²) in [5.41, 5.74) is 0.0765. The highest BCUT2D eigenvalue weighted by atomic mass is 32.2. The summed E-state index contributed by atoms with van der Waals surface area (Å²) in [7, 11) is 0. The molecule has 0 fully saturated rings. The zero-order chi connectivity index (χ0) is 20.8. The third-order valence-electron chi connectivity index (χ3n) is 4.38. The molecule has 1 N–H and O–H groups in total. The van der Waals surface area contributed by atoms with Crippen molar-refractivity contribution < 1.29 is 27.9 Å². The Bertz CT molecular complexity index is 1110. The first-order valence-electron chi connectivity index (χ1n) is 8.48. The lowest BCUT2D eigenvalue weighted by Crippen LogP contribution is -2.41. The molecule has 3 aromatic rings. The predicted octanol–water partition coefficient (Wildman–Crippen LogP) is 4.80. The Morgan fingerprint density at radius 2 is 1.97 bits per heavy atom. The van der Waals surface area contributed by atoms with Crippen molar-refractivity contribution in [2.45, 2.75) is 29.3 Å². The van der Waals surface area contributed by atoms with Gasteiger partial charge in [-0.25, -0.2) is 4.98 Å². The average molecular weight is 438 g/mol. The van der Waals surface area contributed by atoms with Crippen LogP contribution in [-0.2, 0) is 22.3 Å². The number of alkyl halides is 3. The van der Waals surface area contributed by atoms with Gasteiger partial charge in [-0.3, -0.25) is 9.59 Å². The molecule has 1 amide bonds. The zero-order valence-electron chi connectivity index (χ0n) is 14.6. The van der Waals surface area contributed by atoms with E-state index in [-0.39, 0.29) is 24.4 Å². The summed E-state index contributed by atoms with van der Waals surface area (Å²) in [5, 5.41) is 8.81. The van der Waals surface area contributed by atoms with Crippen molar-refractivity contribution in [1.29, 1.82) is 0 Å². The van der Waals surface area contributed by atoms with E-state index in [9.17, 15) is 22.8 Å². The fraction of sp³-hybridized carbons (Fsp3) is 0.211. The number of nitrogens with zero attached hydrogens (tertiary/aromatic N) is 2. The van der Waals surface area contributed by atoms with Gasteiger partial charge in [0.05, 0.1) is 39.7 Å². The highest BCUT2D eigenvalue weighted by molar-refractivity contribution is 8.01. The minimum atomic E-state index is -4.46. The van der Waals surface area contributed by atoms with E-state index in [2.05, 4.69) is 4.98 Å². The van der Waals surface area contributed by atoms with Gasteiger partial charge < -0.3 is 10.0 Å². The molecule has 1 aliphatic rings. The second-order valence-corrected chi connectivity index (χ2v) is 8.74. The molecule has 4 rings (SSSR count). The van der Waals surface area contributed by atoms with E-state index in [4.69, 9.17) is 5.11 Å². The Hall–Kier alpha value is -2.59. The number of hydrogen-bond acceptors (Lipinski definition) is 5. The first-order valence-corrected chi connectivity index (χ1v) is 10.2. The van der Waals surface area contributed by atoms with Crippen LogP contribution in [-0.4, -0.2) is 27.2 Å². The third kappa shape index (κ3) is 3.95. The molecule has 2 heterocycles. The molecule has 10 heteroatoms. The molecule has 0 bridgehead atoms. The zero-order valence-corrected chi connectivity index (χ0v) is 16.3. The van der Waals surface area contributed by atoms with Crippen LogP contribution in [0.4, 0.5) is 18.9 Å². The summed E-state index contributed by atoms with van der Waals surface area (Å²) in [4.78, 5) is 30.5. The lowest BCUT2D eigenvalue weighted by atomic mass is 10.2. The maximum Gasteiger partial charge on any atom is 0.416 e. The number of rotatable bonds is 4. The maximum atomic E-state index is 12.9. The largest absolute Gasteiger partial charge is 0.481 e. The van der Waals surface area contributed by atoms with Crippen molar-refractivity contribution in [3.63, 3.8) is 0 Å². The first-order chi connectivity index (χ1) is 13.7. The molecule has 0 saturated heterocycles. The molecule has 0 spiro atoms. The number of fused-ring (bicyclic) bond motifs is 2. The summed E-state index contributed by atoms with van der Waals surface area (Å²) < 4.78 is 39.4. The number of amides is 1. The second-order valence-electron chi connectivity index (χ2n) is 6.38. The number of carboxylic acid groups (broad SMARTS) is 1. The van der Waals surface area contributed by atoms with Crippen molar-refractivity contribution in [3.8, 4) is 0 Å². The Balaban J connectivity index is 1.68. The number of thioether (sulfide) groups is 1. The highest BCUT2D eigenvalue weighted by Gasteiger charge is 2.35. The van der Waals surface area contributed by atoms with Crippen LogP contribution in [0, 0.1) is 0 Å². The van der Waals surface area contributed by atoms with Gasteiger partial charge in [0.2, 0.25) is 5.91 Å². The molecule has 150 valence electrons. The van der Waals surface area contributed by atoms with Gasteiger partial charge in [-0.15, -0.1) is 23.1 Å². The minimum Gasteiger partial charge on any atom is -0.481 e. The number of hydrogen-bond donors (Lipinski definition) is 1. The molecule has 1 unspecified atom stereocenters. The lowest BCUT2D eigenvalue weighted by molar-refractivity contribution is -0.138. The lowest BCUT2D eigenvalue weighted by Gasteiger charge is -2.32. The molecule has 0 radical (unpaired) electrons. The van der Waals surface area contributed by atoms with Crippen LogP contribution in [0.25, 0.3) is 10.2 Å². The molecule has 1 aliphatic heterocycles. The van der Waals surface area contributed by atoms with Gasteiger partial charge in [-0.05, 0) is 30.3 Å². The van der Waals surface area contributed by atoms with Crippen LogP contribution in [0.3, 0.4) is 0 Å². The number of thiazole rings is 1. The number of anilines is 1. The van der Waals surface area contributed by atoms with Gasteiger partial charge >= 0.3 is 12.1 Å². The molecule has 1 aromatic heterocycles. The summed E-state index contributed by atoms with van der Waals surface area (Å²) in [5.74, 6) is -1.43. The monoisotopic (exact) mass is 438 g/mol. The SMILES string of the molecule is O=C(O)CC1Sc2ccccc2N(Cc2nc3cc(C(F)(F)F)ccc3s2)C1=O. The standard InChI is InChI=1S/C19H13F3N2O3S2/c20-19(21,22)10-5-6-13-11(7-10)23-16(29-13)9-24-12-3-1-2-4-14(12)28-15(18(24)27)8-17(25)26/h1-7,15H,8-9H2,(H,25,26). The molecule has 0 aliphatic carbocycles. The van der Waals surface area contributed by atoms with Gasteiger partial charge in [0.1, 0.15) is 5.01 Å². The van der Waals surface area contributed by atoms with E-state index in [1.54, 1.807) is 18.2 Å².